The van der Waals surface area contributed by atoms with Crippen molar-refractivity contribution >= 4 is 76.5 Å². The summed E-state index contributed by atoms with van der Waals surface area (Å²) in [6.45, 7) is 0. The van der Waals surface area contributed by atoms with E-state index in [2.05, 4.69) is 70.6 Å². The Labute approximate surface area is 347 Å². The Morgan fingerprint density at radius 3 is 1.15 bits per heavy atom. The Kier molecular flexibility index (Phi) is 8.11. The minimum atomic E-state index is 0. The third kappa shape index (κ3) is 5.75. The fourth-order valence-corrected chi connectivity index (χ4v) is 8.20. The summed E-state index contributed by atoms with van der Waals surface area (Å²) >= 11 is 0. The molecule has 0 fully saturated rings. The van der Waals surface area contributed by atoms with Crippen molar-refractivity contribution in [3.05, 3.63) is 170 Å². The van der Waals surface area contributed by atoms with Crippen LogP contribution in [0.2, 0.25) is 0 Å². The topological polar surface area (TPSA) is 109 Å². The summed E-state index contributed by atoms with van der Waals surface area (Å²) in [5, 5.41) is 11.4. The van der Waals surface area contributed by atoms with Crippen molar-refractivity contribution in [2.45, 2.75) is 0 Å². The summed E-state index contributed by atoms with van der Waals surface area (Å²) < 4.78 is 0. The number of nitrogens with one attached hydrogen (secondary N) is 2. The zero-order chi connectivity index (χ0) is 38.2. The Hall–Kier alpha value is -7.58. The van der Waals surface area contributed by atoms with Crippen molar-refractivity contribution in [2.24, 2.45) is 0 Å². The van der Waals surface area contributed by atoms with E-state index in [0.29, 0.717) is 45.9 Å². The van der Waals surface area contributed by atoms with Gasteiger partial charge in [-0.05, 0) is 10.8 Å². The molecule has 0 saturated heterocycles. The summed E-state index contributed by atoms with van der Waals surface area (Å²) in [4.78, 5) is 36.8. The number of rotatable bonds is 0. The van der Waals surface area contributed by atoms with Gasteiger partial charge in [0.25, 0.3) is 0 Å². The number of H-pyrrole nitrogens is 2. The molecular formula is C50H29CuN8. The molecule has 9 heteroatoms. The van der Waals surface area contributed by atoms with Crippen molar-refractivity contribution in [2.75, 3.05) is 0 Å². The molecule has 0 unspecified atom stereocenters. The first-order valence-corrected chi connectivity index (χ1v) is 19.1. The molecule has 8 bridgehead atoms. The van der Waals surface area contributed by atoms with Crippen LogP contribution < -0.4 is 0 Å². The molecule has 0 spiro atoms. The minimum absolute atomic E-state index is 0. The quantitative estimate of drug-likeness (QED) is 0.0684. The Balaban J connectivity index is 0.000000175. The second kappa shape index (κ2) is 13.8. The molecule has 2 aliphatic rings. The van der Waals surface area contributed by atoms with Crippen molar-refractivity contribution in [3.63, 3.8) is 0 Å². The Morgan fingerprint density at radius 1 is 0.322 bits per heavy atom. The molecule has 8 nitrogen and oxygen atoms in total. The van der Waals surface area contributed by atoms with E-state index in [9.17, 15) is 0 Å². The number of benzene rings is 8. The molecule has 0 atom stereocenters. The van der Waals surface area contributed by atoms with Gasteiger partial charge in [-0.1, -0.05) is 156 Å². The summed E-state index contributed by atoms with van der Waals surface area (Å²) in [5.41, 5.74) is 6.45. The molecule has 280 valence electrons. The van der Waals surface area contributed by atoms with E-state index in [1.54, 1.807) is 0 Å². The zero-order valence-corrected chi connectivity index (χ0v) is 32.0. The van der Waals surface area contributed by atoms with Gasteiger partial charge in [0.15, 0.2) is 23.3 Å². The number of aromatic nitrogens is 8. The first kappa shape index (κ1) is 34.7. The van der Waals surface area contributed by atoms with Gasteiger partial charge in [-0.2, -0.15) is 0 Å². The predicted molar refractivity (Wildman–Crippen MR) is 234 cm³/mol. The molecule has 11 aromatic rings. The van der Waals surface area contributed by atoms with E-state index in [0.717, 1.165) is 43.8 Å². The average molecular weight is 805 g/mol. The Morgan fingerprint density at radius 2 is 0.695 bits per heavy atom. The van der Waals surface area contributed by atoms with E-state index in [4.69, 9.17) is 29.9 Å². The molecule has 59 heavy (non-hydrogen) atoms. The molecule has 3 aromatic heterocycles. The summed E-state index contributed by atoms with van der Waals surface area (Å²) in [7, 11) is 0. The van der Waals surface area contributed by atoms with Crippen LogP contribution in [0.3, 0.4) is 0 Å². The Bertz CT molecular complexity index is 3340. The normalized spacial score (nSPS) is 11.6. The summed E-state index contributed by atoms with van der Waals surface area (Å²) in [6, 6.07) is 59.1. The van der Waals surface area contributed by atoms with Gasteiger partial charge in [0.05, 0.1) is 0 Å². The van der Waals surface area contributed by atoms with Crippen LogP contribution in [0.4, 0.5) is 0 Å². The zero-order valence-electron chi connectivity index (χ0n) is 31.1. The molecular weight excluding hydrogens is 776 g/mol. The van der Waals surface area contributed by atoms with Gasteiger partial charge in [-0.3, -0.25) is 0 Å². The SMILES string of the molecule is [Cu+].[c-]1cccc2ccc3cc4ccccc4cc3c12.c1ccc2c(c1)-c1nc-2nc2[nH]c(nc3nc(nc4[nH]c(n1)c1ccccc41)-c1ccccc1-3)c1ccccc21. The number of nitrogens with zero attached hydrogens (tertiary/aromatic N) is 6. The molecule has 2 N–H and O–H groups in total. The molecule has 13 rings (SSSR count). The predicted octanol–water partition coefficient (Wildman–Crippen LogP) is 11.8. The maximum absolute atomic E-state index is 5.02. The molecule has 2 aliphatic heterocycles. The molecule has 0 radical (unpaired) electrons. The third-order valence-corrected chi connectivity index (χ3v) is 11.0. The maximum Gasteiger partial charge on any atom is 1.00 e. The fraction of sp³-hybridized carbons (Fsp3) is 0. The second-order valence-corrected chi connectivity index (χ2v) is 14.4. The summed E-state index contributed by atoms with van der Waals surface area (Å²) in [5.74, 6) is 2.39. The van der Waals surface area contributed by atoms with Gasteiger partial charge in [0.1, 0.15) is 22.6 Å². The number of fused-ring (bicyclic) bond motifs is 24. The van der Waals surface area contributed by atoms with Crippen LogP contribution in [-0.4, -0.2) is 39.9 Å². The van der Waals surface area contributed by atoms with Crippen LogP contribution in [0, 0.1) is 6.07 Å². The van der Waals surface area contributed by atoms with Crippen LogP contribution in [0.25, 0.3) is 122 Å². The van der Waals surface area contributed by atoms with Gasteiger partial charge in [0.2, 0.25) is 0 Å². The number of aromatic amines is 2. The van der Waals surface area contributed by atoms with Crippen LogP contribution in [-0.2, 0) is 17.1 Å². The number of hydrogen-bond acceptors (Lipinski definition) is 6. The van der Waals surface area contributed by atoms with Crippen LogP contribution in [0.15, 0.2) is 164 Å². The van der Waals surface area contributed by atoms with Crippen LogP contribution >= 0.6 is 0 Å². The maximum atomic E-state index is 5.02. The van der Waals surface area contributed by atoms with E-state index >= 15 is 0 Å². The second-order valence-electron chi connectivity index (χ2n) is 14.4. The van der Waals surface area contributed by atoms with E-state index in [-0.39, 0.29) is 17.1 Å². The first-order chi connectivity index (χ1) is 28.7. The number of hydrogen-bond donors (Lipinski definition) is 2. The molecule has 0 amide bonds. The molecule has 0 aliphatic carbocycles. The summed E-state index contributed by atoms with van der Waals surface area (Å²) in [6.07, 6.45) is 0. The fourth-order valence-electron chi connectivity index (χ4n) is 8.20. The van der Waals surface area contributed by atoms with Crippen LogP contribution in [0.1, 0.15) is 0 Å². The van der Waals surface area contributed by atoms with Crippen LogP contribution in [0.5, 0.6) is 0 Å². The van der Waals surface area contributed by atoms with Crippen molar-refractivity contribution in [1.82, 2.24) is 39.9 Å². The van der Waals surface area contributed by atoms with E-state index < -0.39 is 0 Å². The third-order valence-electron chi connectivity index (χ3n) is 11.0. The van der Waals surface area contributed by atoms with E-state index in [1.165, 1.54) is 32.3 Å². The molecule has 0 saturated carbocycles. The van der Waals surface area contributed by atoms with Crippen molar-refractivity contribution < 1.29 is 17.1 Å². The standard InChI is InChI=1S/C32H18N8.C18H11.Cu/c1-2-10-18-17(9-1)25-33-26(18)38-28-21-13-5-6-14-22(21)30(35-28)40-32-24-16-8-7-15-23(24)31(36-32)39-29-20-12-4-3-11-19(20)27(34-29)37-25;1-2-7-15-12-18-16(11-14(15)6-1)10-9-13-5-3-4-8-17(13)18;/h1-16H,(H2,33,34,35,36,37,38,39,40);1-7,9-12H;/q;-1;+1. The van der Waals surface area contributed by atoms with Gasteiger partial charge in [-0.25, -0.2) is 29.9 Å². The van der Waals surface area contributed by atoms with E-state index in [1.807, 2.05) is 109 Å². The molecule has 5 heterocycles. The van der Waals surface area contributed by atoms with Crippen molar-refractivity contribution in [1.29, 1.82) is 0 Å². The largest absolute Gasteiger partial charge is 1.00 e. The van der Waals surface area contributed by atoms with Gasteiger partial charge in [-0.15, -0.1) is 35.0 Å². The van der Waals surface area contributed by atoms with Gasteiger partial charge < -0.3 is 9.97 Å². The monoisotopic (exact) mass is 804 g/mol. The van der Waals surface area contributed by atoms with Gasteiger partial charge in [0, 0.05) is 43.8 Å². The average Bonchev–Trinajstić information content (AvgIpc) is 4.02. The first-order valence-electron chi connectivity index (χ1n) is 19.1. The van der Waals surface area contributed by atoms with Crippen molar-refractivity contribution in [3.8, 4) is 45.6 Å². The van der Waals surface area contributed by atoms with Gasteiger partial charge >= 0.3 is 17.1 Å². The minimum Gasteiger partial charge on any atom is -0.324 e. The molecule has 8 aromatic carbocycles. The smallest absolute Gasteiger partial charge is 0.324 e.